The van der Waals surface area contributed by atoms with E-state index in [1.165, 1.54) is 12.1 Å². The van der Waals surface area contributed by atoms with Crippen molar-refractivity contribution in [2.45, 2.75) is 12.1 Å². The number of carbonyl (C=O) groups excluding carboxylic acids is 4. The minimum absolute atomic E-state index is 0.355. The number of hydrogen-bond acceptors (Lipinski definition) is 10. The second-order valence-corrected chi connectivity index (χ2v) is 4.54. The molecular formula is C14H16N2O8. The van der Waals surface area contributed by atoms with Gasteiger partial charge in [0.2, 0.25) is 0 Å². The van der Waals surface area contributed by atoms with Crippen LogP contribution in [-0.4, -0.2) is 59.4 Å². The van der Waals surface area contributed by atoms with Gasteiger partial charge in [0.05, 0.1) is 24.3 Å². The summed E-state index contributed by atoms with van der Waals surface area (Å²) in [4.78, 5) is 46.7. The van der Waals surface area contributed by atoms with E-state index in [2.05, 4.69) is 9.47 Å². The Morgan fingerprint density at radius 1 is 0.833 bits per heavy atom. The van der Waals surface area contributed by atoms with E-state index >= 15 is 0 Å². The van der Waals surface area contributed by atoms with Gasteiger partial charge in [0, 0.05) is 0 Å². The van der Waals surface area contributed by atoms with E-state index in [9.17, 15) is 19.2 Å². The SMILES string of the molecule is N[C@@H](CO)C(=O)OC(=O)c1ccccc1C(=O)OC(=O)[C@@H](N)CO. The molecule has 1 aromatic carbocycles. The number of hydrogen-bond donors (Lipinski definition) is 4. The van der Waals surface area contributed by atoms with Crippen molar-refractivity contribution in [2.24, 2.45) is 11.5 Å². The number of esters is 4. The third-order valence-electron chi connectivity index (χ3n) is 2.75. The molecule has 6 N–H and O–H groups in total. The number of carbonyl (C=O) groups is 4. The van der Waals surface area contributed by atoms with Crippen LogP contribution in [0.4, 0.5) is 0 Å². The van der Waals surface area contributed by atoms with E-state index in [-0.39, 0.29) is 11.1 Å². The van der Waals surface area contributed by atoms with E-state index in [4.69, 9.17) is 21.7 Å². The van der Waals surface area contributed by atoms with Gasteiger partial charge in [0.25, 0.3) is 0 Å². The molecule has 0 radical (unpaired) electrons. The third kappa shape index (κ3) is 4.93. The van der Waals surface area contributed by atoms with Crippen molar-refractivity contribution in [2.75, 3.05) is 13.2 Å². The summed E-state index contributed by atoms with van der Waals surface area (Å²) in [5.41, 5.74) is 9.70. The van der Waals surface area contributed by atoms with Crippen LogP contribution in [0.3, 0.4) is 0 Å². The molecule has 0 aliphatic rings. The molecule has 0 aromatic heterocycles. The van der Waals surface area contributed by atoms with Crippen LogP contribution in [0.1, 0.15) is 20.7 Å². The molecule has 0 aliphatic heterocycles. The molecule has 0 unspecified atom stereocenters. The lowest BCUT2D eigenvalue weighted by atomic mass is 10.1. The smallest absolute Gasteiger partial charge is 0.346 e. The normalized spacial score (nSPS) is 12.8. The summed E-state index contributed by atoms with van der Waals surface area (Å²) in [6.07, 6.45) is 0. The summed E-state index contributed by atoms with van der Waals surface area (Å²) >= 11 is 0. The van der Waals surface area contributed by atoms with Crippen molar-refractivity contribution in [3.63, 3.8) is 0 Å². The van der Waals surface area contributed by atoms with Crippen LogP contribution in [0.25, 0.3) is 0 Å². The molecule has 1 aromatic rings. The van der Waals surface area contributed by atoms with Gasteiger partial charge in [-0.3, -0.25) is 0 Å². The molecule has 130 valence electrons. The topological polar surface area (TPSA) is 179 Å². The Balaban J connectivity index is 2.95. The zero-order valence-electron chi connectivity index (χ0n) is 12.4. The van der Waals surface area contributed by atoms with Gasteiger partial charge >= 0.3 is 23.9 Å². The Kier molecular flexibility index (Phi) is 7.14. The Hall–Kier alpha value is -2.66. The zero-order valence-corrected chi connectivity index (χ0v) is 12.4. The molecule has 0 aliphatic carbocycles. The summed E-state index contributed by atoms with van der Waals surface area (Å²) in [5, 5.41) is 17.4. The molecule has 0 saturated heterocycles. The fraction of sp³-hybridized carbons (Fsp3) is 0.286. The fourth-order valence-corrected chi connectivity index (χ4v) is 1.43. The Labute approximate surface area is 135 Å². The molecule has 0 bridgehead atoms. The first-order valence-electron chi connectivity index (χ1n) is 6.65. The Morgan fingerprint density at radius 3 is 1.46 bits per heavy atom. The molecule has 24 heavy (non-hydrogen) atoms. The summed E-state index contributed by atoms with van der Waals surface area (Å²) in [7, 11) is 0. The van der Waals surface area contributed by atoms with E-state index < -0.39 is 49.2 Å². The molecule has 10 nitrogen and oxygen atoms in total. The van der Waals surface area contributed by atoms with Crippen LogP contribution in [0.5, 0.6) is 0 Å². The zero-order chi connectivity index (χ0) is 18.3. The third-order valence-corrected chi connectivity index (χ3v) is 2.75. The van der Waals surface area contributed by atoms with Gasteiger partial charge < -0.3 is 31.2 Å². The van der Waals surface area contributed by atoms with Crippen molar-refractivity contribution in [3.8, 4) is 0 Å². The van der Waals surface area contributed by atoms with Crippen LogP contribution in [0.2, 0.25) is 0 Å². The van der Waals surface area contributed by atoms with Crippen LogP contribution in [-0.2, 0) is 19.1 Å². The Bertz CT molecular complexity index is 590. The minimum atomic E-state index is -1.42. The molecular weight excluding hydrogens is 324 g/mol. The monoisotopic (exact) mass is 340 g/mol. The highest BCUT2D eigenvalue weighted by Crippen LogP contribution is 2.13. The predicted octanol–water partition coefficient (Wildman–Crippen LogP) is -2.31. The molecule has 0 saturated carbocycles. The van der Waals surface area contributed by atoms with Crippen LogP contribution in [0, 0.1) is 0 Å². The molecule has 0 spiro atoms. The second kappa shape index (κ2) is 8.84. The van der Waals surface area contributed by atoms with E-state index in [0.717, 1.165) is 12.1 Å². The van der Waals surface area contributed by atoms with Gasteiger partial charge in [-0.25, -0.2) is 19.2 Å². The summed E-state index contributed by atoms with van der Waals surface area (Å²) in [6, 6.07) is 2.24. The molecule has 0 fully saturated rings. The lowest BCUT2D eigenvalue weighted by molar-refractivity contribution is -0.141. The maximum Gasteiger partial charge on any atom is 0.346 e. The first-order chi connectivity index (χ1) is 11.3. The average molecular weight is 340 g/mol. The van der Waals surface area contributed by atoms with Gasteiger partial charge in [0.15, 0.2) is 0 Å². The van der Waals surface area contributed by atoms with Gasteiger partial charge in [-0.2, -0.15) is 0 Å². The van der Waals surface area contributed by atoms with Crippen molar-refractivity contribution >= 4 is 23.9 Å². The van der Waals surface area contributed by atoms with Crippen LogP contribution < -0.4 is 11.5 Å². The van der Waals surface area contributed by atoms with Gasteiger partial charge in [-0.1, -0.05) is 12.1 Å². The second-order valence-electron chi connectivity index (χ2n) is 4.54. The predicted molar refractivity (Wildman–Crippen MR) is 77.4 cm³/mol. The average Bonchev–Trinajstić information content (AvgIpc) is 2.59. The number of ether oxygens (including phenoxy) is 2. The highest BCUT2D eigenvalue weighted by molar-refractivity contribution is 6.08. The van der Waals surface area contributed by atoms with Crippen LogP contribution >= 0.6 is 0 Å². The maximum absolute atomic E-state index is 11.9. The Morgan fingerprint density at radius 2 is 1.17 bits per heavy atom. The van der Waals surface area contributed by atoms with Crippen LogP contribution in [0.15, 0.2) is 24.3 Å². The number of aliphatic hydroxyl groups excluding tert-OH is 2. The summed E-state index contributed by atoms with van der Waals surface area (Å²) < 4.78 is 8.87. The standard InChI is InChI=1S/C14H16N2O8/c15-9(5-17)13(21)23-11(19)7-3-1-2-4-8(7)12(20)24-14(22)10(16)6-18/h1-4,9-10,17-18H,5-6,15-16H2/t9-,10-/m0/s1. The van der Waals surface area contributed by atoms with E-state index in [1.807, 2.05) is 0 Å². The molecule has 0 amide bonds. The van der Waals surface area contributed by atoms with E-state index in [1.54, 1.807) is 0 Å². The largest absolute Gasteiger partial charge is 0.394 e. The lowest BCUT2D eigenvalue weighted by Crippen LogP contribution is -2.37. The van der Waals surface area contributed by atoms with Gasteiger partial charge in [-0.15, -0.1) is 0 Å². The first-order valence-corrected chi connectivity index (χ1v) is 6.65. The van der Waals surface area contributed by atoms with Gasteiger partial charge in [0.1, 0.15) is 12.1 Å². The fourth-order valence-electron chi connectivity index (χ4n) is 1.43. The van der Waals surface area contributed by atoms with Crippen molar-refractivity contribution in [1.29, 1.82) is 0 Å². The molecule has 2 atom stereocenters. The van der Waals surface area contributed by atoms with Crippen molar-refractivity contribution < 1.29 is 38.9 Å². The van der Waals surface area contributed by atoms with Crippen molar-refractivity contribution in [3.05, 3.63) is 35.4 Å². The summed E-state index contributed by atoms with van der Waals surface area (Å²) in [5.74, 6) is -4.81. The lowest BCUT2D eigenvalue weighted by Gasteiger charge is -2.11. The number of rotatable bonds is 6. The maximum atomic E-state index is 11.9. The number of aliphatic hydroxyl groups is 2. The van der Waals surface area contributed by atoms with E-state index in [0.29, 0.717) is 0 Å². The highest BCUT2D eigenvalue weighted by atomic mass is 16.6. The minimum Gasteiger partial charge on any atom is -0.394 e. The highest BCUT2D eigenvalue weighted by Gasteiger charge is 2.26. The van der Waals surface area contributed by atoms with Gasteiger partial charge in [-0.05, 0) is 12.1 Å². The molecule has 0 heterocycles. The summed E-state index contributed by atoms with van der Waals surface area (Å²) in [6.45, 7) is -1.47. The number of nitrogens with two attached hydrogens (primary N) is 2. The first kappa shape index (κ1) is 19.4. The van der Waals surface area contributed by atoms with Crippen molar-refractivity contribution in [1.82, 2.24) is 0 Å². The molecule has 1 rings (SSSR count). The molecule has 10 heteroatoms. The quantitative estimate of drug-likeness (QED) is 0.324. The number of benzene rings is 1.